The summed E-state index contributed by atoms with van der Waals surface area (Å²) < 4.78 is 1.01. The second kappa shape index (κ2) is 3.63. The van der Waals surface area contributed by atoms with E-state index in [2.05, 4.69) is 4.98 Å². The monoisotopic (exact) mass is 186 g/mol. The van der Waals surface area contributed by atoms with Crippen LogP contribution in [0.4, 0.5) is 5.95 Å². The van der Waals surface area contributed by atoms with Crippen molar-refractivity contribution in [3.63, 3.8) is 0 Å². The van der Waals surface area contributed by atoms with Gasteiger partial charge < -0.3 is 10.1 Å². The smallest absolute Gasteiger partial charge is 0.390 e. The summed E-state index contributed by atoms with van der Waals surface area (Å²) in [5.74, 6) is -1.19. The first-order valence-electron chi connectivity index (χ1n) is 3.23. The van der Waals surface area contributed by atoms with Crippen LogP contribution < -0.4 is 5.48 Å². The summed E-state index contributed by atoms with van der Waals surface area (Å²) in [5, 5.41) is 18.4. The van der Waals surface area contributed by atoms with Gasteiger partial charge in [0.15, 0.2) is 6.54 Å². The lowest BCUT2D eigenvalue weighted by Crippen LogP contribution is -2.24. The van der Waals surface area contributed by atoms with Crippen LogP contribution in [0.1, 0.15) is 0 Å². The number of imidazole rings is 1. The van der Waals surface area contributed by atoms with E-state index in [9.17, 15) is 14.9 Å². The Morgan fingerprint density at radius 2 is 2.54 bits per heavy atom. The Labute approximate surface area is 71.9 Å². The van der Waals surface area contributed by atoms with Crippen molar-refractivity contribution in [2.24, 2.45) is 0 Å². The van der Waals surface area contributed by atoms with Crippen molar-refractivity contribution in [1.82, 2.24) is 15.0 Å². The highest BCUT2D eigenvalue weighted by atomic mass is 16.6. The minimum atomic E-state index is -0.749. The van der Waals surface area contributed by atoms with Gasteiger partial charge in [-0.15, -0.1) is 0 Å². The molecule has 0 fully saturated rings. The lowest BCUT2D eigenvalue weighted by Gasteiger charge is -1.98. The molecule has 70 valence electrons. The van der Waals surface area contributed by atoms with E-state index in [-0.39, 0.29) is 6.54 Å². The van der Waals surface area contributed by atoms with Crippen LogP contribution in [0, 0.1) is 10.1 Å². The first-order valence-corrected chi connectivity index (χ1v) is 3.23. The Morgan fingerprint density at radius 1 is 1.85 bits per heavy atom. The zero-order valence-corrected chi connectivity index (χ0v) is 6.38. The number of hydroxylamine groups is 1. The largest absolute Gasteiger partial charge is 0.435 e. The third kappa shape index (κ3) is 1.99. The minimum absolute atomic E-state index is 0.340. The molecule has 0 unspecified atom stereocenters. The van der Waals surface area contributed by atoms with Gasteiger partial charge in [0.2, 0.25) is 0 Å². The van der Waals surface area contributed by atoms with Crippen LogP contribution in [0.2, 0.25) is 0 Å². The number of nitro groups is 1. The van der Waals surface area contributed by atoms with Gasteiger partial charge in [0.1, 0.15) is 12.4 Å². The predicted molar refractivity (Wildman–Crippen MR) is 38.8 cm³/mol. The van der Waals surface area contributed by atoms with E-state index in [0.717, 1.165) is 4.57 Å². The lowest BCUT2D eigenvalue weighted by molar-refractivity contribution is -0.396. The fourth-order valence-electron chi connectivity index (χ4n) is 0.787. The maximum absolute atomic E-state index is 10.6. The second-order valence-corrected chi connectivity index (χ2v) is 2.15. The maximum Gasteiger partial charge on any atom is 0.435 e. The standard InChI is InChI=1S/C5H6N4O4/c10-4(7-11)3-8-2-1-6-5(8)9(12)13/h1-2,11H,3H2,(H,7,10). The molecule has 1 aromatic rings. The molecule has 13 heavy (non-hydrogen) atoms. The first-order chi connectivity index (χ1) is 6.15. The number of aromatic nitrogens is 2. The van der Waals surface area contributed by atoms with Crippen molar-refractivity contribution >= 4 is 11.9 Å². The van der Waals surface area contributed by atoms with Gasteiger partial charge in [0.05, 0.1) is 0 Å². The van der Waals surface area contributed by atoms with E-state index >= 15 is 0 Å². The first kappa shape index (κ1) is 9.13. The molecule has 0 spiro atoms. The maximum atomic E-state index is 10.6. The lowest BCUT2D eigenvalue weighted by atomic mass is 10.6. The van der Waals surface area contributed by atoms with Crippen LogP contribution in [-0.2, 0) is 11.3 Å². The van der Waals surface area contributed by atoms with E-state index in [1.54, 1.807) is 0 Å². The summed E-state index contributed by atoms with van der Waals surface area (Å²) in [6.45, 7) is -0.340. The molecule has 8 heteroatoms. The van der Waals surface area contributed by atoms with Crippen molar-refractivity contribution < 1.29 is 14.9 Å². The molecule has 0 aliphatic rings. The third-order valence-corrected chi connectivity index (χ3v) is 1.30. The number of amides is 1. The molecule has 0 aliphatic carbocycles. The summed E-state index contributed by atoms with van der Waals surface area (Å²) in [4.78, 5) is 23.6. The summed E-state index contributed by atoms with van der Waals surface area (Å²) in [6, 6.07) is 0. The van der Waals surface area contributed by atoms with Crippen LogP contribution in [0.25, 0.3) is 0 Å². The summed E-state index contributed by atoms with van der Waals surface area (Å²) >= 11 is 0. The number of nitrogens with zero attached hydrogens (tertiary/aromatic N) is 3. The molecule has 0 aliphatic heterocycles. The van der Waals surface area contributed by atoms with Crippen LogP contribution in [-0.4, -0.2) is 25.6 Å². The fourth-order valence-corrected chi connectivity index (χ4v) is 0.787. The minimum Gasteiger partial charge on any atom is -0.390 e. The van der Waals surface area contributed by atoms with Crippen LogP contribution >= 0.6 is 0 Å². The number of carbonyl (C=O) groups excluding carboxylic acids is 1. The molecular weight excluding hydrogens is 180 g/mol. The summed E-state index contributed by atoms with van der Waals surface area (Å²) in [7, 11) is 0. The van der Waals surface area contributed by atoms with Gasteiger partial charge in [-0.1, -0.05) is 4.98 Å². The van der Waals surface area contributed by atoms with Gasteiger partial charge >= 0.3 is 5.95 Å². The predicted octanol–water partition coefficient (Wildman–Crippen LogP) is -0.703. The van der Waals surface area contributed by atoms with Gasteiger partial charge in [-0.05, 0) is 4.92 Å². The molecule has 0 radical (unpaired) electrons. The number of carbonyl (C=O) groups is 1. The van der Waals surface area contributed by atoms with Crippen LogP contribution in [0.5, 0.6) is 0 Å². The third-order valence-electron chi connectivity index (χ3n) is 1.30. The Bertz CT molecular complexity index is 333. The van der Waals surface area contributed by atoms with Gasteiger partial charge in [-0.25, -0.2) is 10.0 Å². The van der Waals surface area contributed by atoms with E-state index < -0.39 is 16.8 Å². The van der Waals surface area contributed by atoms with Crippen LogP contribution in [0.3, 0.4) is 0 Å². The SMILES string of the molecule is O=C(Cn1ccnc1[N+](=O)[O-])NO. The van der Waals surface area contributed by atoms with Gasteiger partial charge in [0.25, 0.3) is 5.91 Å². The summed E-state index contributed by atoms with van der Waals surface area (Å²) in [5.41, 5.74) is 1.36. The van der Waals surface area contributed by atoms with E-state index in [1.807, 2.05) is 0 Å². The molecule has 8 nitrogen and oxygen atoms in total. The number of hydrogen-bond donors (Lipinski definition) is 2. The zero-order chi connectivity index (χ0) is 9.84. The second-order valence-electron chi connectivity index (χ2n) is 2.15. The molecule has 1 amide bonds. The van der Waals surface area contributed by atoms with E-state index in [1.165, 1.54) is 17.9 Å². The fraction of sp³-hybridized carbons (Fsp3) is 0.200. The van der Waals surface area contributed by atoms with Crippen molar-refractivity contribution in [1.29, 1.82) is 0 Å². The number of hydrogen-bond acceptors (Lipinski definition) is 5. The van der Waals surface area contributed by atoms with Crippen molar-refractivity contribution in [3.05, 3.63) is 22.5 Å². The molecule has 0 aromatic carbocycles. The van der Waals surface area contributed by atoms with Gasteiger partial charge in [-0.2, -0.15) is 0 Å². The average molecular weight is 186 g/mol. The van der Waals surface area contributed by atoms with Gasteiger partial charge in [0, 0.05) is 0 Å². The van der Waals surface area contributed by atoms with Crippen molar-refractivity contribution in [3.8, 4) is 0 Å². The highest BCUT2D eigenvalue weighted by Crippen LogP contribution is 2.06. The molecule has 1 heterocycles. The molecule has 0 bridgehead atoms. The molecule has 0 saturated carbocycles. The zero-order valence-electron chi connectivity index (χ0n) is 6.38. The molecule has 0 saturated heterocycles. The highest BCUT2D eigenvalue weighted by Gasteiger charge is 2.16. The van der Waals surface area contributed by atoms with E-state index in [4.69, 9.17) is 5.21 Å². The molecular formula is C5H6N4O4. The summed E-state index contributed by atoms with van der Waals surface area (Å²) in [6.07, 6.45) is 2.47. The number of rotatable bonds is 3. The number of nitrogens with one attached hydrogen (secondary N) is 1. The Balaban J connectivity index is 2.82. The van der Waals surface area contributed by atoms with E-state index in [0.29, 0.717) is 0 Å². The van der Waals surface area contributed by atoms with Crippen molar-refractivity contribution in [2.45, 2.75) is 6.54 Å². The average Bonchev–Trinajstić information content (AvgIpc) is 2.52. The molecule has 1 aromatic heterocycles. The Hall–Kier alpha value is -1.96. The molecule has 2 N–H and O–H groups in total. The Morgan fingerprint density at radius 3 is 3.08 bits per heavy atom. The highest BCUT2D eigenvalue weighted by molar-refractivity contribution is 5.74. The topological polar surface area (TPSA) is 110 Å². The molecule has 0 atom stereocenters. The quantitative estimate of drug-likeness (QED) is 0.368. The van der Waals surface area contributed by atoms with Gasteiger partial charge in [-0.3, -0.25) is 10.0 Å². The Kier molecular flexibility index (Phi) is 2.55. The molecule has 1 rings (SSSR count). The normalized spacial score (nSPS) is 9.62. The van der Waals surface area contributed by atoms with Crippen molar-refractivity contribution in [2.75, 3.05) is 0 Å². The van der Waals surface area contributed by atoms with Crippen LogP contribution in [0.15, 0.2) is 12.4 Å².